The number of hydrogen-bond donors (Lipinski definition) is 1. The standard InChI is InChI=1S/C19H26N2O3S/c1-14(2)25(22,23)21-19-9-11-24-13-18(19)16-7-5-15(6-8-16)17-4-3-10-20-12-17/h3-7,10,12,14,16,18-19,21H,8-9,11,13H2,1-2H3/t16-,18?,19+/m1/s1. The van der Waals surface area contributed by atoms with Crippen molar-refractivity contribution < 1.29 is 13.2 Å². The summed E-state index contributed by atoms with van der Waals surface area (Å²) in [6.07, 6.45) is 11.8. The first-order chi connectivity index (χ1) is 12.0. The molecule has 1 fully saturated rings. The van der Waals surface area contributed by atoms with Gasteiger partial charge >= 0.3 is 0 Å². The largest absolute Gasteiger partial charge is 0.381 e. The lowest BCUT2D eigenvalue weighted by Gasteiger charge is -2.37. The van der Waals surface area contributed by atoms with Crippen LogP contribution in [-0.4, -0.2) is 37.9 Å². The molecule has 6 heteroatoms. The summed E-state index contributed by atoms with van der Waals surface area (Å²) in [6.45, 7) is 4.62. The first-order valence-corrected chi connectivity index (χ1v) is 10.4. The number of allylic oxidation sites excluding steroid dienone is 4. The quantitative estimate of drug-likeness (QED) is 0.874. The Morgan fingerprint density at radius 1 is 1.36 bits per heavy atom. The number of rotatable bonds is 5. The minimum atomic E-state index is -3.28. The zero-order valence-electron chi connectivity index (χ0n) is 14.8. The topological polar surface area (TPSA) is 68.3 Å². The summed E-state index contributed by atoms with van der Waals surface area (Å²) in [4.78, 5) is 4.17. The minimum Gasteiger partial charge on any atom is -0.381 e. The second kappa shape index (κ2) is 7.81. The van der Waals surface area contributed by atoms with Gasteiger partial charge in [0.2, 0.25) is 10.0 Å². The molecular formula is C19H26N2O3S. The molecule has 1 aliphatic heterocycles. The molecule has 2 heterocycles. The average molecular weight is 362 g/mol. The van der Waals surface area contributed by atoms with Gasteiger partial charge in [-0.3, -0.25) is 4.98 Å². The molecule has 0 saturated carbocycles. The van der Waals surface area contributed by atoms with E-state index in [0.717, 1.165) is 18.4 Å². The van der Waals surface area contributed by atoms with Gasteiger partial charge in [-0.15, -0.1) is 0 Å². The van der Waals surface area contributed by atoms with E-state index < -0.39 is 15.3 Å². The zero-order chi connectivity index (χ0) is 17.9. The Morgan fingerprint density at radius 2 is 2.20 bits per heavy atom. The molecule has 0 bridgehead atoms. The van der Waals surface area contributed by atoms with Crippen LogP contribution < -0.4 is 4.72 Å². The van der Waals surface area contributed by atoms with Crippen molar-refractivity contribution in [3.63, 3.8) is 0 Å². The molecule has 1 saturated heterocycles. The molecular weight excluding hydrogens is 336 g/mol. The number of sulfonamides is 1. The number of hydrogen-bond acceptors (Lipinski definition) is 4. The molecule has 0 aromatic carbocycles. The van der Waals surface area contributed by atoms with Gasteiger partial charge < -0.3 is 4.74 Å². The number of nitrogens with one attached hydrogen (secondary N) is 1. The van der Waals surface area contributed by atoms with Crippen molar-refractivity contribution in [2.24, 2.45) is 11.8 Å². The highest BCUT2D eigenvalue weighted by atomic mass is 32.2. The third kappa shape index (κ3) is 4.37. The van der Waals surface area contributed by atoms with Crippen LogP contribution in [0.1, 0.15) is 32.3 Å². The Bertz CT molecular complexity index is 741. The fourth-order valence-electron chi connectivity index (χ4n) is 3.38. The summed E-state index contributed by atoms with van der Waals surface area (Å²) in [5, 5.41) is -0.421. The van der Waals surface area contributed by atoms with E-state index in [0.29, 0.717) is 13.2 Å². The Hall–Kier alpha value is -1.50. The summed E-state index contributed by atoms with van der Waals surface area (Å²) in [5.41, 5.74) is 2.27. The van der Waals surface area contributed by atoms with Crippen molar-refractivity contribution in [1.29, 1.82) is 0 Å². The molecule has 0 spiro atoms. The molecule has 1 aliphatic carbocycles. The van der Waals surface area contributed by atoms with Crippen LogP contribution in [-0.2, 0) is 14.8 Å². The van der Waals surface area contributed by atoms with E-state index >= 15 is 0 Å². The summed E-state index contributed by atoms with van der Waals surface area (Å²) >= 11 is 0. The van der Waals surface area contributed by atoms with E-state index in [1.54, 1.807) is 20.0 Å². The predicted molar refractivity (Wildman–Crippen MR) is 99.4 cm³/mol. The van der Waals surface area contributed by atoms with Crippen molar-refractivity contribution >= 4 is 15.6 Å². The molecule has 3 atom stereocenters. The van der Waals surface area contributed by atoms with Crippen molar-refractivity contribution in [2.45, 2.75) is 38.0 Å². The van der Waals surface area contributed by atoms with Crippen LogP contribution in [0.3, 0.4) is 0 Å². The maximum atomic E-state index is 12.3. The van der Waals surface area contributed by atoms with Gasteiger partial charge in [-0.25, -0.2) is 13.1 Å². The van der Waals surface area contributed by atoms with E-state index in [-0.39, 0.29) is 17.9 Å². The van der Waals surface area contributed by atoms with Crippen LogP contribution in [0.15, 0.2) is 42.8 Å². The lowest BCUT2D eigenvalue weighted by molar-refractivity contribution is 0.0218. The average Bonchev–Trinajstić information content (AvgIpc) is 2.63. The monoisotopic (exact) mass is 362 g/mol. The van der Waals surface area contributed by atoms with Crippen LogP contribution in [0.4, 0.5) is 0 Å². The second-order valence-corrected chi connectivity index (χ2v) is 9.27. The Balaban J connectivity index is 1.70. The molecule has 1 N–H and O–H groups in total. The van der Waals surface area contributed by atoms with Crippen LogP contribution >= 0.6 is 0 Å². The molecule has 1 aromatic heterocycles. The van der Waals surface area contributed by atoms with Gasteiger partial charge in [-0.1, -0.05) is 24.3 Å². The van der Waals surface area contributed by atoms with Gasteiger partial charge in [0.15, 0.2) is 0 Å². The fourth-order valence-corrected chi connectivity index (χ4v) is 4.36. The van der Waals surface area contributed by atoms with Crippen molar-refractivity contribution in [1.82, 2.24) is 9.71 Å². The molecule has 0 amide bonds. The van der Waals surface area contributed by atoms with Crippen molar-refractivity contribution in [3.8, 4) is 0 Å². The Kier molecular flexibility index (Phi) is 5.71. The lowest BCUT2D eigenvalue weighted by Crippen LogP contribution is -2.49. The molecule has 1 aromatic rings. The third-order valence-corrected chi connectivity index (χ3v) is 6.89. The normalized spacial score (nSPS) is 27.3. The van der Waals surface area contributed by atoms with Crippen molar-refractivity contribution in [3.05, 3.63) is 48.3 Å². The first-order valence-electron chi connectivity index (χ1n) is 8.85. The minimum absolute atomic E-state index is 0.0656. The smallest absolute Gasteiger partial charge is 0.214 e. The molecule has 2 aliphatic rings. The van der Waals surface area contributed by atoms with Gasteiger partial charge in [0.25, 0.3) is 0 Å². The number of pyridine rings is 1. The van der Waals surface area contributed by atoms with Gasteiger partial charge in [0.05, 0.1) is 11.9 Å². The summed E-state index contributed by atoms with van der Waals surface area (Å²) < 4.78 is 33.1. The SMILES string of the molecule is CC(C)S(=O)(=O)N[C@H]1CCOCC1[C@@H]1C=CC(c2cccnc2)=CC1. The predicted octanol–water partition coefficient (Wildman–Crippen LogP) is 2.77. The van der Waals surface area contributed by atoms with E-state index in [1.165, 1.54) is 5.57 Å². The first kappa shape index (κ1) is 18.3. The van der Waals surface area contributed by atoms with E-state index in [1.807, 2.05) is 18.3 Å². The molecule has 5 nitrogen and oxygen atoms in total. The maximum Gasteiger partial charge on any atom is 0.214 e. The third-order valence-electron chi connectivity index (χ3n) is 5.01. The van der Waals surface area contributed by atoms with E-state index in [9.17, 15) is 8.42 Å². The molecule has 25 heavy (non-hydrogen) atoms. The van der Waals surface area contributed by atoms with Gasteiger partial charge in [0, 0.05) is 31.0 Å². The summed E-state index contributed by atoms with van der Waals surface area (Å²) in [6, 6.07) is 3.92. The number of ether oxygens (including phenoxy) is 1. The molecule has 136 valence electrons. The van der Waals surface area contributed by atoms with Gasteiger partial charge in [-0.05, 0) is 49.8 Å². The molecule has 0 radical (unpaired) electrons. The Labute approximate surface area is 150 Å². The van der Waals surface area contributed by atoms with Crippen LogP contribution in [0.2, 0.25) is 0 Å². The highest BCUT2D eigenvalue weighted by Gasteiger charge is 2.34. The van der Waals surface area contributed by atoms with Gasteiger partial charge in [0.1, 0.15) is 0 Å². The molecule has 3 rings (SSSR count). The maximum absolute atomic E-state index is 12.3. The van der Waals surface area contributed by atoms with Crippen molar-refractivity contribution in [2.75, 3.05) is 13.2 Å². The van der Waals surface area contributed by atoms with E-state index in [2.05, 4.69) is 27.9 Å². The van der Waals surface area contributed by atoms with Crippen LogP contribution in [0, 0.1) is 11.8 Å². The fraction of sp³-hybridized carbons (Fsp3) is 0.526. The van der Waals surface area contributed by atoms with Crippen LogP contribution in [0.25, 0.3) is 5.57 Å². The van der Waals surface area contributed by atoms with Crippen LogP contribution in [0.5, 0.6) is 0 Å². The summed E-state index contributed by atoms with van der Waals surface area (Å²) in [7, 11) is -3.28. The number of nitrogens with zero attached hydrogens (tertiary/aromatic N) is 1. The second-order valence-electron chi connectivity index (χ2n) is 7.01. The highest BCUT2D eigenvalue weighted by Crippen LogP contribution is 2.32. The van der Waals surface area contributed by atoms with Gasteiger partial charge in [-0.2, -0.15) is 0 Å². The zero-order valence-corrected chi connectivity index (χ0v) is 15.6. The van der Waals surface area contributed by atoms with E-state index in [4.69, 9.17) is 4.74 Å². The Morgan fingerprint density at radius 3 is 2.84 bits per heavy atom. The summed E-state index contributed by atoms with van der Waals surface area (Å²) in [5.74, 6) is 0.436. The number of aromatic nitrogens is 1. The lowest BCUT2D eigenvalue weighted by atomic mass is 9.79. The molecule has 1 unspecified atom stereocenters. The highest BCUT2D eigenvalue weighted by molar-refractivity contribution is 7.90.